The molecule has 0 saturated carbocycles. The van der Waals surface area contributed by atoms with Crippen molar-refractivity contribution in [3.63, 3.8) is 0 Å². The molecule has 1 atom stereocenters. The number of hydrogen-bond acceptors (Lipinski definition) is 1. The van der Waals surface area contributed by atoms with E-state index in [1.807, 2.05) is 6.92 Å². The molecule has 0 spiro atoms. The van der Waals surface area contributed by atoms with Crippen LogP contribution in [-0.2, 0) is 0 Å². The van der Waals surface area contributed by atoms with Gasteiger partial charge in [0.25, 0.3) is 0 Å². The fourth-order valence-electron chi connectivity index (χ4n) is 0.711. The summed E-state index contributed by atoms with van der Waals surface area (Å²) in [7, 11) is 0. The van der Waals surface area contributed by atoms with E-state index in [0.29, 0.717) is 0 Å². The van der Waals surface area contributed by atoms with Crippen molar-refractivity contribution in [1.29, 1.82) is 0 Å². The zero-order valence-electron chi connectivity index (χ0n) is 5.94. The molecule has 56 valence electrons. The first-order chi connectivity index (χ1) is 4.27. The molecule has 0 aromatic rings. The lowest BCUT2D eigenvalue weighted by atomic mass is 10.1. The van der Waals surface area contributed by atoms with Crippen LogP contribution in [0.3, 0.4) is 0 Å². The highest BCUT2D eigenvalue weighted by atomic mass is 127. The Morgan fingerprint density at radius 3 is 2.44 bits per heavy atom. The van der Waals surface area contributed by atoms with Gasteiger partial charge in [0.15, 0.2) is 0 Å². The minimum absolute atomic E-state index is 0.0980. The first-order valence-corrected chi connectivity index (χ1v) is 5.04. The Hall–Kier alpha value is 0.690. The summed E-state index contributed by atoms with van der Waals surface area (Å²) >= 11 is 2.38. The molecule has 0 aliphatic rings. The summed E-state index contributed by atoms with van der Waals surface area (Å²) in [6, 6.07) is 0. The van der Waals surface area contributed by atoms with Crippen LogP contribution in [0, 0.1) is 0 Å². The molecule has 0 bridgehead atoms. The van der Waals surface area contributed by atoms with Crippen LogP contribution in [0.5, 0.6) is 0 Å². The van der Waals surface area contributed by atoms with Crippen LogP contribution in [0.1, 0.15) is 32.6 Å². The van der Waals surface area contributed by atoms with Crippen molar-refractivity contribution in [2.24, 2.45) is 0 Å². The van der Waals surface area contributed by atoms with Gasteiger partial charge in [-0.05, 0) is 24.2 Å². The molecule has 0 rings (SSSR count). The topological polar surface area (TPSA) is 20.2 Å². The van der Waals surface area contributed by atoms with E-state index in [-0.39, 0.29) is 6.10 Å². The summed E-state index contributed by atoms with van der Waals surface area (Å²) in [5, 5.41) is 8.85. The van der Waals surface area contributed by atoms with Crippen molar-refractivity contribution in [1.82, 2.24) is 0 Å². The SMILES string of the molecule is C[C@@H](O)CCCCCI. The molecule has 0 amide bonds. The van der Waals surface area contributed by atoms with Crippen LogP contribution in [0.25, 0.3) is 0 Å². The highest BCUT2D eigenvalue weighted by Crippen LogP contribution is 2.04. The third-order valence-electron chi connectivity index (χ3n) is 1.26. The molecular formula is C7H15IO. The minimum atomic E-state index is -0.0980. The number of rotatable bonds is 5. The molecule has 0 aromatic heterocycles. The van der Waals surface area contributed by atoms with Gasteiger partial charge < -0.3 is 5.11 Å². The maximum atomic E-state index is 8.85. The van der Waals surface area contributed by atoms with E-state index >= 15 is 0 Å². The summed E-state index contributed by atoms with van der Waals surface area (Å²) in [5.74, 6) is 0. The molecule has 0 radical (unpaired) electrons. The minimum Gasteiger partial charge on any atom is -0.393 e. The van der Waals surface area contributed by atoms with Crippen molar-refractivity contribution < 1.29 is 5.11 Å². The molecule has 1 N–H and O–H groups in total. The Kier molecular flexibility index (Phi) is 7.33. The quantitative estimate of drug-likeness (QED) is 0.445. The van der Waals surface area contributed by atoms with Crippen LogP contribution >= 0.6 is 22.6 Å². The zero-order valence-corrected chi connectivity index (χ0v) is 8.10. The van der Waals surface area contributed by atoms with E-state index in [0.717, 1.165) is 6.42 Å². The van der Waals surface area contributed by atoms with Gasteiger partial charge in [-0.3, -0.25) is 0 Å². The summed E-state index contributed by atoms with van der Waals surface area (Å²) in [5.41, 5.74) is 0. The predicted octanol–water partition coefficient (Wildman–Crippen LogP) is 2.36. The molecule has 0 aromatic carbocycles. The van der Waals surface area contributed by atoms with Gasteiger partial charge in [-0.15, -0.1) is 0 Å². The van der Waals surface area contributed by atoms with Gasteiger partial charge in [0.05, 0.1) is 6.10 Å². The Morgan fingerprint density at radius 2 is 2.00 bits per heavy atom. The molecule has 0 aliphatic carbocycles. The van der Waals surface area contributed by atoms with Crippen molar-refractivity contribution in [3.05, 3.63) is 0 Å². The summed E-state index contributed by atoms with van der Waals surface area (Å²) in [4.78, 5) is 0. The van der Waals surface area contributed by atoms with Gasteiger partial charge in [-0.2, -0.15) is 0 Å². The summed E-state index contributed by atoms with van der Waals surface area (Å²) in [6.07, 6.45) is 4.62. The Morgan fingerprint density at radius 1 is 1.33 bits per heavy atom. The van der Waals surface area contributed by atoms with Crippen molar-refractivity contribution in [2.45, 2.75) is 38.7 Å². The van der Waals surface area contributed by atoms with Crippen molar-refractivity contribution in [2.75, 3.05) is 4.43 Å². The fourth-order valence-corrected chi connectivity index (χ4v) is 1.25. The Bertz CT molecular complexity index is 54.9. The van der Waals surface area contributed by atoms with E-state index in [4.69, 9.17) is 5.11 Å². The number of alkyl halides is 1. The predicted molar refractivity (Wildman–Crippen MR) is 49.0 cm³/mol. The second kappa shape index (κ2) is 6.81. The third kappa shape index (κ3) is 8.69. The van der Waals surface area contributed by atoms with Crippen LogP contribution in [0.2, 0.25) is 0 Å². The van der Waals surface area contributed by atoms with Crippen LogP contribution in [0.15, 0.2) is 0 Å². The smallest absolute Gasteiger partial charge is 0.0512 e. The van der Waals surface area contributed by atoms with Crippen molar-refractivity contribution >= 4 is 22.6 Å². The number of hydrogen-bond donors (Lipinski definition) is 1. The molecule has 0 unspecified atom stereocenters. The number of halogens is 1. The lowest BCUT2D eigenvalue weighted by Gasteiger charge is -2.01. The highest BCUT2D eigenvalue weighted by molar-refractivity contribution is 14.1. The zero-order chi connectivity index (χ0) is 7.11. The third-order valence-corrected chi connectivity index (χ3v) is 2.02. The normalized spacial score (nSPS) is 13.7. The average molecular weight is 242 g/mol. The maximum absolute atomic E-state index is 8.85. The van der Waals surface area contributed by atoms with Gasteiger partial charge in [0, 0.05) is 0 Å². The van der Waals surface area contributed by atoms with Gasteiger partial charge in [0.1, 0.15) is 0 Å². The summed E-state index contributed by atoms with van der Waals surface area (Å²) < 4.78 is 1.25. The van der Waals surface area contributed by atoms with Gasteiger partial charge in [0.2, 0.25) is 0 Å². The van der Waals surface area contributed by atoms with Crippen LogP contribution < -0.4 is 0 Å². The molecule has 0 saturated heterocycles. The van der Waals surface area contributed by atoms with E-state index in [2.05, 4.69) is 22.6 Å². The largest absolute Gasteiger partial charge is 0.393 e. The second-order valence-corrected chi connectivity index (χ2v) is 3.47. The first-order valence-electron chi connectivity index (χ1n) is 3.51. The highest BCUT2D eigenvalue weighted by Gasteiger charge is 1.93. The lowest BCUT2D eigenvalue weighted by Crippen LogP contribution is -1.98. The number of unbranched alkanes of at least 4 members (excludes halogenated alkanes) is 2. The molecular weight excluding hydrogens is 227 g/mol. The van der Waals surface area contributed by atoms with E-state index < -0.39 is 0 Å². The monoisotopic (exact) mass is 242 g/mol. The molecule has 0 fully saturated rings. The second-order valence-electron chi connectivity index (χ2n) is 2.39. The van der Waals surface area contributed by atoms with Crippen LogP contribution in [0.4, 0.5) is 0 Å². The molecule has 9 heavy (non-hydrogen) atoms. The van der Waals surface area contributed by atoms with Crippen molar-refractivity contribution in [3.8, 4) is 0 Å². The van der Waals surface area contributed by atoms with E-state index in [9.17, 15) is 0 Å². The van der Waals surface area contributed by atoms with E-state index in [1.165, 1.54) is 23.7 Å². The van der Waals surface area contributed by atoms with E-state index in [1.54, 1.807) is 0 Å². The Labute approximate surface area is 71.0 Å². The molecule has 1 nitrogen and oxygen atoms in total. The molecule has 2 heteroatoms. The molecule has 0 heterocycles. The number of aliphatic hydroxyl groups excluding tert-OH is 1. The average Bonchev–Trinajstić information content (AvgIpc) is 1.80. The van der Waals surface area contributed by atoms with Gasteiger partial charge >= 0.3 is 0 Å². The summed E-state index contributed by atoms with van der Waals surface area (Å²) in [6.45, 7) is 1.85. The maximum Gasteiger partial charge on any atom is 0.0512 e. The molecule has 0 aliphatic heterocycles. The number of aliphatic hydroxyl groups is 1. The standard InChI is InChI=1S/C7H15IO/c1-7(9)5-3-2-4-6-8/h7,9H,2-6H2,1H3/t7-/m1/s1. The Balaban J connectivity index is 2.75. The van der Waals surface area contributed by atoms with Crippen LogP contribution in [-0.4, -0.2) is 15.6 Å². The van der Waals surface area contributed by atoms with Gasteiger partial charge in [-0.25, -0.2) is 0 Å². The fraction of sp³-hybridized carbons (Fsp3) is 1.00. The van der Waals surface area contributed by atoms with Gasteiger partial charge in [-0.1, -0.05) is 35.4 Å². The first kappa shape index (κ1) is 9.69. The lowest BCUT2D eigenvalue weighted by molar-refractivity contribution is 0.180.